The molecule has 25 heavy (non-hydrogen) atoms. The molecule has 0 spiro atoms. The lowest BCUT2D eigenvalue weighted by molar-refractivity contribution is 0.0262. The molecule has 0 aliphatic carbocycles. The Balaban J connectivity index is 1.91. The zero-order valence-electron chi connectivity index (χ0n) is 15.3. The van der Waals surface area contributed by atoms with E-state index in [4.69, 9.17) is 16.3 Å². The van der Waals surface area contributed by atoms with Crippen LogP contribution >= 0.6 is 11.6 Å². The number of nitrogens with zero attached hydrogens (tertiary/aromatic N) is 2. The number of carbonyl (C=O) groups is 1. The minimum Gasteiger partial charge on any atom is -0.444 e. The number of ether oxygens (including phenoxy) is 1. The molecule has 1 heterocycles. The molecular weight excluding hydrogens is 338 g/mol. The van der Waals surface area contributed by atoms with Gasteiger partial charge in [-0.3, -0.25) is 4.98 Å². The molecule has 1 aromatic carbocycles. The van der Waals surface area contributed by atoms with Gasteiger partial charge in [0.25, 0.3) is 0 Å². The summed E-state index contributed by atoms with van der Waals surface area (Å²) in [6.07, 6.45) is 1.49. The standard InChI is InChI=1S/C19H26ClN3O2/c1-5-23(18(24)25-19(2,3)4)12-11-21-13-14-8-9-16(20)15-7-6-10-22-17(14)15/h6-10,21H,5,11-13H2,1-4H3. The van der Waals surface area contributed by atoms with Crippen LogP contribution in [0.25, 0.3) is 10.9 Å². The number of hydrogen-bond donors (Lipinski definition) is 1. The largest absolute Gasteiger partial charge is 0.444 e. The van der Waals surface area contributed by atoms with Crippen LogP contribution in [0.1, 0.15) is 33.3 Å². The van der Waals surface area contributed by atoms with E-state index in [2.05, 4.69) is 10.3 Å². The first kappa shape index (κ1) is 19.5. The lowest BCUT2D eigenvalue weighted by Gasteiger charge is -2.26. The fourth-order valence-electron chi connectivity index (χ4n) is 2.48. The number of halogens is 1. The Labute approximate surface area is 154 Å². The van der Waals surface area contributed by atoms with Gasteiger partial charge in [-0.1, -0.05) is 17.7 Å². The second-order valence-corrected chi connectivity index (χ2v) is 7.25. The highest BCUT2D eigenvalue weighted by atomic mass is 35.5. The molecule has 1 amide bonds. The number of fused-ring (bicyclic) bond motifs is 1. The van der Waals surface area contributed by atoms with Gasteiger partial charge in [0.15, 0.2) is 0 Å². The maximum atomic E-state index is 12.1. The van der Waals surface area contributed by atoms with Crippen molar-refractivity contribution in [3.8, 4) is 0 Å². The second kappa shape index (κ2) is 8.50. The van der Waals surface area contributed by atoms with Crippen molar-refractivity contribution in [1.29, 1.82) is 0 Å². The van der Waals surface area contributed by atoms with Crippen molar-refractivity contribution >= 4 is 28.6 Å². The van der Waals surface area contributed by atoms with Crippen LogP contribution in [0.2, 0.25) is 5.02 Å². The number of carbonyl (C=O) groups excluding carboxylic acids is 1. The molecular formula is C19H26ClN3O2. The van der Waals surface area contributed by atoms with Gasteiger partial charge in [0, 0.05) is 42.8 Å². The summed E-state index contributed by atoms with van der Waals surface area (Å²) in [5, 5.41) is 5.02. The first-order valence-electron chi connectivity index (χ1n) is 8.52. The molecule has 0 aliphatic rings. The third kappa shape index (κ3) is 5.58. The SMILES string of the molecule is CCN(CCNCc1ccc(Cl)c2cccnc12)C(=O)OC(C)(C)C. The summed E-state index contributed by atoms with van der Waals surface area (Å²) in [5.41, 5.74) is 1.51. The number of amides is 1. The van der Waals surface area contributed by atoms with Gasteiger partial charge in [0.1, 0.15) is 5.60 Å². The number of likely N-dealkylation sites (N-methyl/N-ethyl adjacent to an activating group) is 1. The third-order valence-corrected chi connectivity index (χ3v) is 4.04. The normalized spacial score (nSPS) is 11.6. The second-order valence-electron chi connectivity index (χ2n) is 6.84. The number of hydrogen-bond acceptors (Lipinski definition) is 4. The zero-order valence-corrected chi connectivity index (χ0v) is 16.1. The first-order chi connectivity index (χ1) is 11.8. The van der Waals surface area contributed by atoms with E-state index in [0.717, 1.165) is 16.5 Å². The van der Waals surface area contributed by atoms with Crippen LogP contribution in [0, 0.1) is 0 Å². The fourth-order valence-corrected chi connectivity index (χ4v) is 2.70. The van der Waals surface area contributed by atoms with Gasteiger partial charge < -0.3 is 15.0 Å². The molecule has 0 aliphatic heterocycles. The average Bonchev–Trinajstić information content (AvgIpc) is 2.55. The monoisotopic (exact) mass is 363 g/mol. The highest BCUT2D eigenvalue weighted by Gasteiger charge is 2.20. The van der Waals surface area contributed by atoms with Crippen LogP contribution in [-0.2, 0) is 11.3 Å². The number of benzene rings is 1. The van der Waals surface area contributed by atoms with Gasteiger partial charge in [-0.15, -0.1) is 0 Å². The summed E-state index contributed by atoms with van der Waals surface area (Å²) in [4.78, 5) is 18.2. The van der Waals surface area contributed by atoms with E-state index >= 15 is 0 Å². The van der Waals surface area contributed by atoms with E-state index < -0.39 is 5.60 Å². The van der Waals surface area contributed by atoms with Crippen molar-refractivity contribution in [3.63, 3.8) is 0 Å². The minimum atomic E-state index is -0.480. The van der Waals surface area contributed by atoms with Crippen molar-refractivity contribution in [2.24, 2.45) is 0 Å². The number of nitrogens with one attached hydrogen (secondary N) is 1. The molecule has 0 saturated heterocycles. The topological polar surface area (TPSA) is 54.5 Å². The van der Waals surface area contributed by atoms with Crippen molar-refractivity contribution in [3.05, 3.63) is 41.0 Å². The van der Waals surface area contributed by atoms with Gasteiger partial charge >= 0.3 is 6.09 Å². The van der Waals surface area contributed by atoms with E-state index in [0.29, 0.717) is 31.2 Å². The van der Waals surface area contributed by atoms with Gasteiger partial charge in [-0.05, 0) is 51.5 Å². The molecule has 0 atom stereocenters. The number of pyridine rings is 1. The molecule has 6 heteroatoms. The summed E-state index contributed by atoms with van der Waals surface area (Å²) in [7, 11) is 0. The number of aromatic nitrogens is 1. The van der Waals surface area contributed by atoms with Gasteiger partial charge in [0.2, 0.25) is 0 Å². The van der Waals surface area contributed by atoms with E-state index in [-0.39, 0.29) is 6.09 Å². The first-order valence-corrected chi connectivity index (χ1v) is 8.90. The Kier molecular flexibility index (Phi) is 6.62. The van der Waals surface area contributed by atoms with Gasteiger partial charge in [-0.2, -0.15) is 0 Å². The van der Waals surface area contributed by atoms with Crippen LogP contribution in [0.4, 0.5) is 4.79 Å². The minimum absolute atomic E-state index is 0.282. The molecule has 5 nitrogen and oxygen atoms in total. The molecule has 0 bridgehead atoms. The van der Waals surface area contributed by atoms with Crippen LogP contribution in [0.5, 0.6) is 0 Å². The van der Waals surface area contributed by atoms with Crippen molar-refractivity contribution in [2.45, 2.75) is 39.8 Å². The summed E-state index contributed by atoms with van der Waals surface area (Å²) in [6, 6.07) is 7.72. The highest BCUT2D eigenvalue weighted by Crippen LogP contribution is 2.24. The molecule has 1 aromatic heterocycles. The van der Waals surface area contributed by atoms with E-state index in [1.54, 1.807) is 11.1 Å². The Morgan fingerprint density at radius 1 is 1.32 bits per heavy atom. The van der Waals surface area contributed by atoms with Crippen molar-refractivity contribution in [2.75, 3.05) is 19.6 Å². The molecule has 0 radical (unpaired) electrons. The summed E-state index contributed by atoms with van der Waals surface area (Å²) in [6.45, 7) is 10.1. The molecule has 2 aromatic rings. The Bertz CT molecular complexity index is 728. The van der Waals surface area contributed by atoms with E-state index in [9.17, 15) is 4.79 Å². The maximum Gasteiger partial charge on any atom is 0.410 e. The predicted molar refractivity (Wildman–Crippen MR) is 102 cm³/mol. The molecule has 136 valence electrons. The van der Waals surface area contributed by atoms with E-state index in [1.807, 2.05) is 52.0 Å². The molecule has 0 saturated carbocycles. The van der Waals surface area contributed by atoms with Crippen LogP contribution in [0.15, 0.2) is 30.5 Å². The lowest BCUT2D eigenvalue weighted by Crippen LogP contribution is -2.40. The predicted octanol–water partition coefficient (Wildman–Crippen LogP) is 4.23. The quantitative estimate of drug-likeness (QED) is 0.780. The van der Waals surface area contributed by atoms with Gasteiger partial charge in [0.05, 0.1) is 5.52 Å². The lowest BCUT2D eigenvalue weighted by atomic mass is 10.1. The Hall–Kier alpha value is -1.85. The zero-order chi connectivity index (χ0) is 18.4. The Morgan fingerprint density at radius 3 is 2.76 bits per heavy atom. The number of rotatable bonds is 6. The Morgan fingerprint density at radius 2 is 2.08 bits per heavy atom. The molecule has 1 N–H and O–H groups in total. The van der Waals surface area contributed by atoms with Crippen LogP contribution in [-0.4, -0.2) is 41.2 Å². The van der Waals surface area contributed by atoms with E-state index in [1.165, 1.54) is 0 Å². The average molecular weight is 364 g/mol. The summed E-state index contributed by atoms with van der Waals surface area (Å²) in [5.74, 6) is 0. The van der Waals surface area contributed by atoms with Crippen molar-refractivity contribution in [1.82, 2.24) is 15.2 Å². The molecule has 0 fully saturated rings. The highest BCUT2D eigenvalue weighted by molar-refractivity contribution is 6.35. The smallest absolute Gasteiger partial charge is 0.410 e. The van der Waals surface area contributed by atoms with Crippen LogP contribution in [0.3, 0.4) is 0 Å². The van der Waals surface area contributed by atoms with Crippen LogP contribution < -0.4 is 5.32 Å². The fraction of sp³-hybridized carbons (Fsp3) is 0.474. The summed E-state index contributed by atoms with van der Waals surface area (Å²) < 4.78 is 5.41. The molecule has 0 unspecified atom stereocenters. The molecule has 2 rings (SSSR count). The van der Waals surface area contributed by atoms with Crippen molar-refractivity contribution < 1.29 is 9.53 Å². The maximum absolute atomic E-state index is 12.1. The van der Waals surface area contributed by atoms with Gasteiger partial charge in [-0.25, -0.2) is 4.79 Å². The summed E-state index contributed by atoms with van der Waals surface area (Å²) >= 11 is 6.22. The third-order valence-electron chi connectivity index (χ3n) is 3.71.